The molecule has 1 unspecified atom stereocenters. The smallest absolute Gasteiger partial charge is 0.115 e. The Bertz CT molecular complexity index is 283. The van der Waals surface area contributed by atoms with E-state index < -0.39 is 0 Å². The van der Waals surface area contributed by atoms with Crippen molar-refractivity contribution in [2.45, 2.75) is 31.5 Å². The molecule has 0 aromatic heterocycles. The van der Waals surface area contributed by atoms with Crippen molar-refractivity contribution in [2.75, 3.05) is 0 Å². The zero-order valence-corrected chi connectivity index (χ0v) is 10.3. The average molecular weight is 257 g/mol. The highest BCUT2D eigenvalue weighted by molar-refractivity contribution is 9.09. The highest BCUT2D eigenvalue weighted by atomic mass is 79.9. The van der Waals surface area contributed by atoms with Crippen LogP contribution >= 0.6 is 15.9 Å². The molecule has 78 valence electrons. The predicted molar refractivity (Wildman–Crippen MR) is 64.0 cm³/mol. The minimum atomic E-state index is 0.359. The van der Waals surface area contributed by atoms with Crippen LogP contribution in [0.25, 0.3) is 0 Å². The first kappa shape index (κ1) is 11.6. The molecule has 1 rings (SSSR count). The number of aromatic hydroxyl groups is 1. The second-order valence-corrected chi connectivity index (χ2v) is 5.14. The van der Waals surface area contributed by atoms with Crippen molar-refractivity contribution in [2.24, 2.45) is 5.92 Å². The third-order valence-electron chi connectivity index (χ3n) is 2.34. The number of benzene rings is 1. The van der Waals surface area contributed by atoms with Gasteiger partial charge >= 0.3 is 0 Å². The van der Waals surface area contributed by atoms with Crippen LogP contribution in [0.3, 0.4) is 0 Å². The van der Waals surface area contributed by atoms with E-state index in [2.05, 4.69) is 35.8 Å². The van der Waals surface area contributed by atoms with E-state index in [0.717, 1.165) is 12.8 Å². The van der Waals surface area contributed by atoms with Crippen LogP contribution in [0.5, 0.6) is 5.75 Å². The van der Waals surface area contributed by atoms with Gasteiger partial charge in [0.2, 0.25) is 0 Å². The summed E-state index contributed by atoms with van der Waals surface area (Å²) in [6.45, 7) is 4.42. The summed E-state index contributed by atoms with van der Waals surface area (Å²) in [5, 5.41) is 9.28. The number of hydrogen-bond donors (Lipinski definition) is 1. The monoisotopic (exact) mass is 256 g/mol. The van der Waals surface area contributed by atoms with Crippen LogP contribution in [0.2, 0.25) is 0 Å². The Morgan fingerprint density at radius 2 is 2.07 bits per heavy atom. The fourth-order valence-corrected chi connectivity index (χ4v) is 1.58. The van der Waals surface area contributed by atoms with Gasteiger partial charge in [-0.2, -0.15) is 0 Å². The lowest BCUT2D eigenvalue weighted by Gasteiger charge is -2.13. The van der Waals surface area contributed by atoms with Gasteiger partial charge in [-0.05, 0) is 36.5 Å². The van der Waals surface area contributed by atoms with E-state index in [1.807, 2.05) is 12.1 Å². The maximum atomic E-state index is 9.28. The Hall–Kier alpha value is -0.500. The topological polar surface area (TPSA) is 20.2 Å². The summed E-state index contributed by atoms with van der Waals surface area (Å²) in [6.07, 6.45) is 2.13. The van der Waals surface area contributed by atoms with E-state index in [4.69, 9.17) is 0 Å². The lowest BCUT2D eigenvalue weighted by atomic mass is 10.0. The van der Waals surface area contributed by atoms with Crippen molar-refractivity contribution in [1.82, 2.24) is 0 Å². The maximum Gasteiger partial charge on any atom is 0.115 e. The Balaban J connectivity index is 2.45. The van der Waals surface area contributed by atoms with Gasteiger partial charge in [0.15, 0.2) is 0 Å². The van der Waals surface area contributed by atoms with E-state index in [1.165, 1.54) is 5.56 Å². The molecule has 1 N–H and O–H groups in total. The van der Waals surface area contributed by atoms with Gasteiger partial charge < -0.3 is 5.11 Å². The molecule has 0 saturated carbocycles. The fraction of sp³-hybridized carbons (Fsp3) is 0.500. The summed E-state index contributed by atoms with van der Waals surface area (Å²) in [5.74, 6) is 1.02. The molecule has 1 atom stereocenters. The average Bonchev–Trinajstić information content (AvgIpc) is 2.14. The predicted octanol–water partition coefficient (Wildman–Crippen LogP) is 3.74. The summed E-state index contributed by atoms with van der Waals surface area (Å²) in [5.41, 5.74) is 1.20. The van der Waals surface area contributed by atoms with E-state index in [9.17, 15) is 5.11 Å². The molecule has 0 spiro atoms. The Morgan fingerprint density at radius 3 is 2.64 bits per heavy atom. The molecule has 0 aliphatic heterocycles. The van der Waals surface area contributed by atoms with Crippen LogP contribution in [-0.4, -0.2) is 9.93 Å². The van der Waals surface area contributed by atoms with Crippen molar-refractivity contribution in [1.29, 1.82) is 0 Å². The van der Waals surface area contributed by atoms with Gasteiger partial charge in [-0.1, -0.05) is 41.9 Å². The van der Waals surface area contributed by atoms with Crippen LogP contribution in [0, 0.1) is 5.92 Å². The van der Waals surface area contributed by atoms with Crippen LogP contribution in [-0.2, 0) is 6.42 Å². The van der Waals surface area contributed by atoms with Crippen LogP contribution in [0.1, 0.15) is 25.8 Å². The zero-order valence-electron chi connectivity index (χ0n) is 8.70. The van der Waals surface area contributed by atoms with Gasteiger partial charge in [0.05, 0.1) is 0 Å². The van der Waals surface area contributed by atoms with Gasteiger partial charge in [0.25, 0.3) is 0 Å². The number of rotatable bonds is 4. The molecule has 0 amide bonds. The second kappa shape index (κ2) is 5.40. The molecular formula is C12H17BrO. The molecule has 0 saturated heterocycles. The lowest BCUT2D eigenvalue weighted by molar-refractivity contribution is 0.474. The maximum absolute atomic E-state index is 9.28. The normalized spacial score (nSPS) is 13.1. The number of hydrogen-bond acceptors (Lipinski definition) is 1. The SMILES string of the molecule is CC(C)C(Br)CCc1cccc(O)c1. The van der Waals surface area contributed by atoms with Crippen LogP contribution < -0.4 is 0 Å². The number of phenols is 1. The highest BCUT2D eigenvalue weighted by Gasteiger charge is 2.08. The molecule has 0 aliphatic rings. The van der Waals surface area contributed by atoms with Gasteiger partial charge in [-0.3, -0.25) is 0 Å². The van der Waals surface area contributed by atoms with Crippen molar-refractivity contribution in [3.8, 4) is 5.75 Å². The molecule has 14 heavy (non-hydrogen) atoms. The van der Waals surface area contributed by atoms with Gasteiger partial charge in [-0.25, -0.2) is 0 Å². The van der Waals surface area contributed by atoms with Crippen LogP contribution in [0.15, 0.2) is 24.3 Å². The van der Waals surface area contributed by atoms with E-state index >= 15 is 0 Å². The summed E-state index contributed by atoms with van der Waals surface area (Å²) in [7, 11) is 0. The highest BCUT2D eigenvalue weighted by Crippen LogP contribution is 2.20. The minimum absolute atomic E-state index is 0.359. The third kappa shape index (κ3) is 3.70. The molecule has 1 nitrogen and oxygen atoms in total. The molecular weight excluding hydrogens is 240 g/mol. The lowest BCUT2D eigenvalue weighted by Crippen LogP contribution is -2.07. The van der Waals surface area contributed by atoms with Crippen LogP contribution in [0.4, 0.5) is 0 Å². The van der Waals surface area contributed by atoms with Crippen molar-refractivity contribution in [3.63, 3.8) is 0 Å². The van der Waals surface area contributed by atoms with E-state index in [0.29, 0.717) is 16.5 Å². The first-order valence-electron chi connectivity index (χ1n) is 5.01. The third-order valence-corrected chi connectivity index (χ3v) is 3.86. The molecule has 0 radical (unpaired) electrons. The summed E-state index contributed by atoms with van der Waals surface area (Å²) in [4.78, 5) is 0.560. The standard InChI is InChI=1S/C12H17BrO/c1-9(2)12(13)7-6-10-4-3-5-11(14)8-10/h3-5,8-9,12,14H,6-7H2,1-2H3. The molecule has 0 aliphatic carbocycles. The molecule has 2 heteroatoms. The largest absolute Gasteiger partial charge is 0.508 e. The number of halogens is 1. The molecule has 0 bridgehead atoms. The quantitative estimate of drug-likeness (QED) is 0.814. The summed E-state index contributed by atoms with van der Waals surface area (Å²) >= 11 is 3.66. The summed E-state index contributed by atoms with van der Waals surface area (Å²) < 4.78 is 0. The van der Waals surface area contributed by atoms with Crippen molar-refractivity contribution < 1.29 is 5.11 Å². The number of alkyl halides is 1. The Morgan fingerprint density at radius 1 is 1.36 bits per heavy atom. The number of phenolic OH excluding ortho intramolecular Hbond substituents is 1. The fourth-order valence-electron chi connectivity index (χ4n) is 1.35. The van der Waals surface area contributed by atoms with E-state index in [-0.39, 0.29) is 0 Å². The second-order valence-electron chi connectivity index (χ2n) is 3.97. The Kier molecular flexibility index (Phi) is 4.46. The van der Waals surface area contributed by atoms with Crippen molar-refractivity contribution >= 4 is 15.9 Å². The molecule has 1 aromatic rings. The van der Waals surface area contributed by atoms with Crippen molar-refractivity contribution in [3.05, 3.63) is 29.8 Å². The van der Waals surface area contributed by atoms with Gasteiger partial charge in [-0.15, -0.1) is 0 Å². The Labute approximate surface area is 94.3 Å². The zero-order chi connectivity index (χ0) is 10.6. The number of aryl methyl sites for hydroxylation is 1. The molecule has 0 fully saturated rings. The minimum Gasteiger partial charge on any atom is -0.508 e. The summed E-state index contributed by atoms with van der Waals surface area (Å²) in [6, 6.07) is 7.49. The van der Waals surface area contributed by atoms with E-state index in [1.54, 1.807) is 6.07 Å². The van der Waals surface area contributed by atoms with Gasteiger partial charge in [0, 0.05) is 4.83 Å². The molecule has 1 aromatic carbocycles. The first-order chi connectivity index (χ1) is 6.59. The molecule has 0 heterocycles. The first-order valence-corrected chi connectivity index (χ1v) is 5.93. The van der Waals surface area contributed by atoms with Gasteiger partial charge in [0.1, 0.15) is 5.75 Å².